The second kappa shape index (κ2) is 5.15. The molecule has 0 unspecified atom stereocenters. The van der Waals surface area contributed by atoms with Gasteiger partial charge in [0.15, 0.2) is 0 Å². The Labute approximate surface area is 127 Å². The smallest absolute Gasteiger partial charge is 0.282 e. The van der Waals surface area contributed by atoms with Crippen molar-refractivity contribution in [2.24, 2.45) is 0 Å². The number of nitrogens with zero attached hydrogens (tertiary/aromatic N) is 1. The third kappa shape index (κ3) is 2.00. The zero-order valence-corrected chi connectivity index (χ0v) is 12.0. The zero-order chi connectivity index (χ0) is 14.9. The molecule has 1 aliphatic carbocycles. The van der Waals surface area contributed by atoms with E-state index in [4.69, 9.17) is 4.52 Å². The van der Waals surface area contributed by atoms with Crippen molar-refractivity contribution in [2.75, 3.05) is 0 Å². The van der Waals surface area contributed by atoms with Gasteiger partial charge >= 0.3 is 11.3 Å². The molecule has 22 heavy (non-hydrogen) atoms. The molecular formula is C18H15N2O2+. The van der Waals surface area contributed by atoms with Crippen molar-refractivity contribution in [1.82, 2.24) is 5.27 Å². The Morgan fingerprint density at radius 3 is 2.64 bits per heavy atom. The highest BCUT2D eigenvalue weighted by Gasteiger charge is 2.30. The summed E-state index contributed by atoms with van der Waals surface area (Å²) in [4.78, 5) is 12.3. The normalized spacial score (nSPS) is 13.5. The van der Waals surface area contributed by atoms with E-state index in [1.165, 1.54) is 5.56 Å². The van der Waals surface area contributed by atoms with Gasteiger partial charge in [-0.1, -0.05) is 48.5 Å². The maximum atomic E-state index is 12.3. The predicted octanol–water partition coefficient (Wildman–Crippen LogP) is 2.62. The maximum absolute atomic E-state index is 12.3. The molecule has 1 heterocycles. The first-order chi connectivity index (χ1) is 10.8. The minimum absolute atomic E-state index is 0.355. The summed E-state index contributed by atoms with van der Waals surface area (Å²) >= 11 is 0. The van der Waals surface area contributed by atoms with Crippen LogP contribution in [0.2, 0.25) is 0 Å². The molecule has 1 N–H and O–H groups in total. The van der Waals surface area contributed by atoms with Crippen LogP contribution in [0.25, 0.3) is 11.3 Å². The van der Waals surface area contributed by atoms with E-state index in [1.54, 1.807) is 4.68 Å². The number of hydrogen-bond acceptors (Lipinski definition) is 2. The Balaban J connectivity index is 1.93. The van der Waals surface area contributed by atoms with E-state index < -0.39 is 0 Å². The van der Waals surface area contributed by atoms with Gasteiger partial charge in [-0.2, -0.15) is 0 Å². The van der Waals surface area contributed by atoms with Crippen LogP contribution < -0.4 is 10.3 Å². The molecule has 0 atom stereocenters. The molecular weight excluding hydrogens is 276 g/mol. The molecule has 4 nitrogen and oxygen atoms in total. The van der Waals surface area contributed by atoms with Gasteiger partial charge in [0, 0.05) is 12.1 Å². The highest BCUT2D eigenvalue weighted by molar-refractivity contribution is 5.79. The lowest BCUT2D eigenvalue weighted by Crippen LogP contribution is -2.38. The molecule has 108 valence electrons. The fraction of sp³-hybridized carbons (Fsp3) is 0.111. The van der Waals surface area contributed by atoms with Gasteiger partial charge in [0.05, 0.1) is 5.57 Å². The summed E-state index contributed by atoms with van der Waals surface area (Å²) in [5, 5.41) is 2.71. The lowest BCUT2D eigenvalue weighted by Gasteiger charge is -2.13. The molecule has 0 saturated carbocycles. The van der Waals surface area contributed by atoms with Crippen LogP contribution in [0.4, 0.5) is 0 Å². The number of benzene rings is 2. The van der Waals surface area contributed by atoms with E-state index in [0.717, 1.165) is 29.7 Å². The molecule has 2 aromatic carbocycles. The van der Waals surface area contributed by atoms with Crippen LogP contribution in [-0.4, -0.2) is 5.27 Å². The Morgan fingerprint density at radius 2 is 1.77 bits per heavy atom. The average Bonchev–Trinajstić information content (AvgIpc) is 2.96. The lowest BCUT2D eigenvalue weighted by atomic mass is 9.89. The van der Waals surface area contributed by atoms with E-state index >= 15 is 0 Å². The third-order valence-electron chi connectivity index (χ3n) is 3.99. The summed E-state index contributed by atoms with van der Waals surface area (Å²) in [5.41, 5.74) is 4.35. The number of aryl methyl sites for hydroxylation is 1. The molecule has 3 aromatic rings. The van der Waals surface area contributed by atoms with Gasteiger partial charge < -0.3 is 0 Å². The molecule has 0 fully saturated rings. The van der Waals surface area contributed by atoms with Crippen molar-refractivity contribution >= 4 is 5.57 Å². The molecule has 4 heteroatoms. The van der Waals surface area contributed by atoms with Crippen molar-refractivity contribution in [3.8, 4) is 5.69 Å². The number of H-pyrrole nitrogens is 1. The number of para-hydroxylation sites is 1. The first kappa shape index (κ1) is 12.8. The maximum Gasteiger partial charge on any atom is 0.435 e. The first-order valence-corrected chi connectivity index (χ1v) is 7.32. The van der Waals surface area contributed by atoms with E-state index in [2.05, 4.69) is 23.5 Å². The Bertz CT molecular complexity index is 904. The highest BCUT2D eigenvalue weighted by Crippen LogP contribution is 2.29. The molecule has 4 rings (SSSR count). The predicted molar refractivity (Wildman–Crippen MR) is 82.7 cm³/mol. The van der Waals surface area contributed by atoms with Crippen molar-refractivity contribution in [2.45, 2.75) is 12.8 Å². The average molecular weight is 291 g/mol. The highest BCUT2D eigenvalue weighted by atomic mass is 16.5. The number of rotatable bonds is 2. The van der Waals surface area contributed by atoms with Crippen LogP contribution in [0.3, 0.4) is 0 Å². The van der Waals surface area contributed by atoms with E-state index in [-0.39, 0.29) is 5.63 Å². The summed E-state index contributed by atoms with van der Waals surface area (Å²) in [6, 6.07) is 17.9. The zero-order valence-electron chi connectivity index (χ0n) is 12.0. The molecule has 1 aromatic heterocycles. The third-order valence-corrected chi connectivity index (χ3v) is 3.99. The van der Waals surface area contributed by atoms with Gasteiger partial charge in [0.1, 0.15) is 0 Å². The second-order valence-electron chi connectivity index (χ2n) is 5.31. The van der Waals surface area contributed by atoms with Gasteiger partial charge in [0.25, 0.3) is 0 Å². The van der Waals surface area contributed by atoms with Crippen LogP contribution in [0.15, 0.2) is 70.0 Å². The van der Waals surface area contributed by atoms with Gasteiger partial charge in [-0.25, -0.2) is 4.79 Å². The number of allylic oxidation sites excluding steroid dienone is 1. The number of aromatic nitrogens is 2. The fourth-order valence-electron chi connectivity index (χ4n) is 2.97. The number of fused-ring (bicyclic) bond motifs is 1. The van der Waals surface area contributed by atoms with Crippen LogP contribution in [0, 0.1) is 0 Å². The molecule has 0 aliphatic heterocycles. The van der Waals surface area contributed by atoms with Crippen molar-refractivity contribution < 1.29 is 9.20 Å². The molecule has 0 saturated heterocycles. The number of nitrogens with one attached hydrogen (secondary N) is 1. The van der Waals surface area contributed by atoms with Gasteiger partial charge in [-0.05, 0) is 33.9 Å². The molecule has 1 aliphatic rings. The van der Waals surface area contributed by atoms with Crippen LogP contribution >= 0.6 is 0 Å². The van der Waals surface area contributed by atoms with Crippen molar-refractivity contribution in [3.05, 3.63) is 87.9 Å². The summed E-state index contributed by atoms with van der Waals surface area (Å²) in [6.07, 6.45) is 4.04. The van der Waals surface area contributed by atoms with Crippen LogP contribution in [-0.2, 0) is 6.42 Å². The molecule has 0 spiro atoms. The molecule has 0 radical (unpaired) electrons. The van der Waals surface area contributed by atoms with Crippen molar-refractivity contribution in [3.63, 3.8) is 0 Å². The van der Waals surface area contributed by atoms with E-state index in [0.29, 0.717) is 5.69 Å². The topological polar surface area (TPSA) is 49.9 Å². The second-order valence-corrected chi connectivity index (χ2v) is 5.31. The van der Waals surface area contributed by atoms with E-state index in [1.807, 2.05) is 42.5 Å². The quantitative estimate of drug-likeness (QED) is 0.738. The number of hydrogen-bond donors (Lipinski definition) is 1. The van der Waals surface area contributed by atoms with Crippen LogP contribution in [0.1, 0.15) is 23.2 Å². The van der Waals surface area contributed by atoms with Gasteiger partial charge in [0.2, 0.25) is 5.69 Å². The summed E-state index contributed by atoms with van der Waals surface area (Å²) in [5.74, 6) is 0. The Hall–Kier alpha value is -2.88. The SMILES string of the molecule is O=c1o[nH][n+](-c2ccccc2)c1C1=CCCc2ccccc21. The lowest BCUT2D eigenvalue weighted by molar-refractivity contribution is -0.672. The summed E-state index contributed by atoms with van der Waals surface area (Å²) < 4.78 is 6.76. The molecule has 0 bridgehead atoms. The minimum Gasteiger partial charge on any atom is -0.282 e. The Kier molecular flexibility index (Phi) is 3.00. The fourth-order valence-corrected chi connectivity index (χ4v) is 2.97. The standard InChI is InChI=1S/C18H14N2O2/c21-18-17(20(19-22-18)14-9-2-1-3-10-14)16-12-6-8-13-7-4-5-11-15(13)16/h1-5,7,9-12H,6,8H2/p+1. The first-order valence-electron chi connectivity index (χ1n) is 7.32. The molecule has 0 amide bonds. The van der Waals surface area contributed by atoms with Crippen LogP contribution in [0.5, 0.6) is 0 Å². The van der Waals surface area contributed by atoms with Crippen molar-refractivity contribution in [1.29, 1.82) is 0 Å². The Morgan fingerprint density at radius 1 is 1.00 bits per heavy atom. The van der Waals surface area contributed by atoms with E-state index in [9.17, 15) is 4.79 Å². The largest absolute Gasteiger partial charge is 0.435 e. The summed E-state index contributed by atoms with van der Waals surface area (Å²) in [7, 11) is 0. The monoisotopic (exact) mass is 291 g/mol. The number of aromatic amines is 1. The minimum atomic E-state index is -0.355. The van der Waals surface area contributed by atoms with Gasteiger partial charge in [-0.3, -0.25) is 4.52 Å². The summed E-state index contributed by atoms with van der Waals surface area (Å²) in [6.45, 7) is 0. The van der Waals surface area contributed by atoms with Gasteiger partial charge in [-0.15, -0.1) is 0 Å².